The molecule has 2 rings (SSSR count). The number of piperidine rings is 1. The molecular weight excluding hydrogens is 178 g/mol. The van der Waals surface area contributed by atoms with Crippen LogP contribution in [-0.4, -0.2) is 42.5 Å². The van der Waals surface area contributed by atoms with Gasteiger partial charge in [-0.05, 0) is 32.7 Å². The standard InChI is InChI=1S/C10H19N3O/c1-12-6-10(14)13-8-2-3-9(13)5-7(11)4-8/h7-9,12H,2-6,11H2,1H3/t7?,8-,9+. The molecule has 2 fully saturated rings. The van der Waals surface area contributed by atoms with E-state index < -0.39 is 0 Å². The molecule has 0 aliphatic carbocycles. The first-order valence-corrected chi connectivity index (χ1v) is 5.43. The van der Waals surface area contributed by atoms with E-state index in [0.717, 1.165) is 25.7 Å². The van der Waals surface area contributed by atoms with Crippen molar-refractivity contribution >= 4 is 5.91 Å². The first kappa shape index (κ1) is 9.93. The Morgan fingerprint density at radius 2 is 2.00 bits per heavy atom. The van der Waals surface area contributed by atoms with Crippen LogP contribution < -0.4 is 11.1 Å². The van der Waals surface area contributed by atoms with Crippen LogP contribution in [0.15, 0.2) is 0 Å². The lowest BCUT2D eigenvalue weighted by atomic mass is 9.98. The number of carbonyl (C=O) groups is 1. The van der Waals surface area contributed by atoms with Gasteiger partial charge in [0.15, 0.2) is 0 Å². The van der Waals surface area contributed by atoms with Crippen LogP contribution in [-0.2, 0) is 4.79 Å². The van der Waals surface area contributed by atoms with Crippen molar-refractivity contribution in [2.45, 2.75) is 43.8 Å². The van der Waals surface area contributed by atoms with Crippen LogP contribution in [0, 0.1) is 0 Å². The van der Waals surface area contributed by atoms with Crippen molar-refractivity contribution in [3.8, 4) is 0 Å². The summed E-state index contributed by atoms with van der Waals surface area (Å²) >= 11 is 0. The summed E-state index contributed by atoms with van der Waals surface area (Å²) in [7, 11) is 1.81. The maximum Gasteiger partial charge on any atom is 0.237 e. The van der Waals surface area contributed by atoms with Crippen LogP contribution in [0.4, 0.5) is 0 Å². The maximum atomic E-state index is 11.8. The highest BCUT2D eigenvalue weighted by Gasteiger charge is 2.41. The average molecular weight is 197 g/mol. The van der Waals surface area contributed by atoms with Crippen molar-refractivity contribution in [3.63, 3.8) is 0 Å². The Balaban J connectivity index is 2.03. The fourth-order valence-corrected chi connectivity index (χ4v) is 2.87. The highest BCUT2D eigenvalue weighted by molar-refractivity contribution is 5.79. The smallest absolute Gasteiger partial charge is 0.237 e. The zero-order valence-electron chi connectivity index (χ0n) is 8.70. The van der Waals surface area contributed by atoms with Gasteiger partial charge in [0.1, 0.15) is 0 Å². The predicted molar refractivity (Wildman–Crippen MR) is 54.8 cm³/mol. The van der Waals surface area contributed by atoms with Gasteiger partial charge in [-0.2, -0.15) is 0 Å². The second-order valence-electron chi connectivity index (χ2n) is 4.45. The highest BCUT2D eigenvalue weighted by atomic mass is 16.2. The van der Waals surface area contributed by atoms with Gasteiger partial charge in [-0.3, -0.25) is 4.79 Å². The third-order valence-electron chi connectivity index (χ3n) is 3.39. The summed E-state index contributed by atoms with van der Waals surface area (Å²) < 4.78 is 0. The van der Waals surface area contributed by atoms with Gasteiger partial charge in [-0.25, -0.2) is 0 Å². The van der Waals surface area contributed by atoms with E-state index in [1.54, 1.807) is 0 Å². The van der Waals surface area contributed by atoms with Crippen LogP contribution in [0.1, 0.15) is 25.7 Å². The number of hydrogen-bond acceptors (Lipinski definition) is 3. The minimum absolute atomic E-state index is 0.243. The molecule has 0 aromatic carbocycles. The molecule has 0 spiro atoms. The lowest BCUT2D eigenvalue weighted by Crippen LogP contribution is -2.52. The molecule has 4 nitrogen and oxygen atoms in total. The highest BCUT2D eigenvalue weighted by Crippen LogP contribution is 2.34. The van der Waals surface area contributed by atoms with Crippen molar-refractivity contribution < 1.29 is 4.79 Å². The fourth-order valence-electron chi connectivity index (χ4n) is 2.87. The molecule has 1 amide bonds. The van der Waals surface area contributed by atoms with Crippen molar-refractivity contribution in [1.82, 2.24) is 10.2 Å². The number of carbonyl (C=O) groups excluding carboxylic acids is 1. The molecule has 2 aliphatic heterocycles. The maximum absolute atomic E-state index is 11.8. The van der Waals surface area contributed by atoms with Gasteiger partial charge < -0.3 is 16.0 Å². The Morgan fingerprint density at radius 3 is 2.50 bits per heavy atom. The van der Waals surface area contributed by atoms with E-state index in [2.05, 4.69) is 10.2 Å². The van der Waals surface area contributed by atoms with Crippen molar-refractivity contribution in [1.29, 1.82) is 0 Å². The average Bonchev–Trinajstić information content (AvgIpc) is 2.39. The first-order chi connectivity index (χ1) is 6.72. The zero-order valence-corrected chi connectivity index (χ0v) is 8.70. The Bertz CT molecular complexity index is 217. The van der Waals surface area contributed by atoms with Gasteiger partial charge in [0, 0.05) is 18.1 Å². The number of amides is 1. The van der Waals surface area contributed by atoms with E-state index in [0.29, 0.717) is 24.7 Å². The Hall–Kier alpha value is -0.610. The van der Waals surface area contributed by atoms with Gasteiger partial charge in [0.05, 0.1) is 6.54 Å². The summed E-state index contributed by atoms with van der Waals surface area (Å²) in [6.07, 6.45) is 4.28. The summed E-state index contributed by atoms with van der Waals surface area (Å²) in [6, 6.07) is 1.15. The number of fused-ring (bicyclic) bond motifs is 2. The van der Waals surface area contributed by atoms with Crippen LogP contribution in [0.5, 0.6) is 0 Å². The normalized spacial score (nSPS) is 36.1. The third kappa shape index (κ3) is 1.64. The number of likely N-dealkylation sites (N-methyl/N-ethyl adjacent to an activating group) is 1. The first-order valence-electron chi connectivity index (χ1n) is 5.43. The summed E-state index contributed by atoms with van der Waals surface area (Å²) in [5, 5.41) is 2.92. The lowest BCUT2D eigenvalue weighted by Gasteiger charge is -2.37. The number of nitrogens with one attached hydrogen (secondary N) is 1. The van der Waals surface area contributed by atoms with Crippen LogP contribution in [0.3, 0.4) is 0 Å². The molecule has 14 heavy (non-hydrogen) atoms. The predicted octanol–water partition coefficient (Wildman–Crippen LogP) is -0.313. The van der Waals surface area contributed by atoms with Gasteiger partial charge >= 0.3 is 0 Å². The Kier molecular flexibility index (Phi) is 2.74. The van der Waals surface area contributed by atoms with Crippen molar-refractivity contribution in [2.24, 2.45) is 5.73 Å². The van der Waals surface area contributed by atoms with Crippen molar-refractivity contribution in [3.05, 3.63) is 0 Å². The van der Waals surface area contributed by atoms with Gasteiger partial charge in [0.25, 0.3) is 0 Å². The number of rotatable bonds is 2. The van der Waals surface area contributed by atoms with E-state index in [-0.39, 0.29) is 5.91 Å². The molecule has 1 unspecified atom stereocenters. The Labute approximate surface area is 84.8 Å². The molecule has 80 valence electrons. The van der Waals surface area contributed by atoms with E-state index in [9.17, 15) is 4.79 Å². The minimum Gasteiger partial charge on any atom is -0.336 e. The fraction of sp³-hybridized carbons (Fsp3) is 0.900. The van der Waals surface area contributed by atoms with E-state index >= 15 is 0 Å². The molecule has 2 aliphatic rings. The van der Waals surface area contributed by atoms with E-state index in [1.165, 1.54) is 0 Å². The van der Waals surface area contributed by atoms with E-state index in [1.807, 2.05) is 7.05 Å². The van der Waals surface area contributed by atoms with Crippen LogP contribution in [0.25, 0.3) is 0 Å². The Morgan fingerprint density at radius 1 is 1.43 bits per heavy atom. The molecule has 2 saturated heterocycles. The molecule has 0 aromatic heterocycles. The SMILES string of the molecule is CNCC(=O)N1[C@@H]2CC[C@H]1CC(N)C2. The minimum atomic E-state index is 0.243. The molecule has 0 radical (unpaired) electrons. The largest absolute Gasteiger partial charge is 0.336 e. The molecule has 2 bridgehead atoms. The molecule has 2 heterocycles. The zero-order chi connectivity index (χ0) is 10.1. The number of nitrogens with zero attached hydrogens (tertiary/aromatic N) is 1. The molecule has 0 aromatic rings. The summed E-state index contributed by atoms with van der Waals surface area (Å²) in [6.45, 7) is 0.461. The molecule has 3 N–H and O–H groups in total. The van der Waals surface area contributed by atoms with Crippen LogP contribution in [0.2, 0.25) is 0 Å². The molecule has 4 heteroatoms. The third-order valence-corrected chi connectivity index (χ3v) is 3.39. The summed E-state index contributed by atoms with van der Waals surface area (Å²) in [5.74, 6) is 0.243. The number of hydrogen-bond donors (Lipinski definition) is 2. The summed E-state index contributed by atoms with van der Waals surface area (Å²) in [4.78, 5) is 13.9. The van der Waals surface area contributed by atoms with Gasteiger partial charge in [0.2, 0.25) is 5.91 Å². The second-order valence-corrected chi connectivity index (χ2v) is 4.45. The second kappa shape index (κ2) is 3.87. The molecule has 3 atom stereocenters. The van der Waals surface area contributed by atoms with Crippen molar-refractivity contribution in [2.75, 3.05) is 13.6 Å². The lowest BCUT2D eigenvalue weighted by molar-refractivity contribution is -0.134. The monoisotopic (exact) mass is 197 g/mol. The molecular formula is C10H19N3O. The topological polar surface area (TPSA) is 58.4 Å². The van der Waals surface area contributed by atoms with Gasteiger partial charge in [-0.15, -0.1) is 0 Å². The molecule has 0 saturated carbocycles. The quantitative estimate of drug-likeness (QED) is 0.638. The van der Waals surface area contributed by atoms with Gasteiger partial charge in [-0.1, -0.05) is 0 Å². The summed E-state index contributed by atoms with van der Waals surface area (Å²) in [5.41, 5.74) is 5.94. The van der Waals surface area contributed by atoms with E-state index in [4.69, 9.17) is 5.73 Å². The van der Waals surface area contributed by atoms with Crippen LogP contribution >= 0.6 is 0 Å². The number of nitrogens with two attached hydrogens (primary N) is 1.